The molecule has 0 saturated carbocycles. The SMILES string of the molecule is CCCC(=O)NC[C@H](c1ccsc1)N1CCN(C)CC1. The van der Waals surface area contributed by atoms with E-state index in [4.69, 9.17) is 0 Å². The summed E-state index contributed by atoms with van der Waals surface area (Å²) in [5, 5.41) is 7.41. The van der Waals surface area contributed by atoms with E-state index in [0.717, 1.165) is 39.1 Å². The number of piperazine rings is 1. The van der Waals surface area contributed by atoms with Crippen LogP contribution in [-0.4, -0.2) is 55.5 Å². The molecule has 2 heterocycles. The number of thiophene rings is 1. The molecule has 1 aliphatic heterocycles. The van der Waals surface area contributed by atoms with Crippen molar-refractivity contribution in [1.82, 2.24) is 15.1 Å². The maximum Gasteiger partial charge on any atom is 0.220 e. The molecule has 0 aliphatic carbocycles. The second-order valence-electron chi connectivity index (χ2n) is 5.47. The van der Waals surface area contributed by atoms with Crippen LogP contribution in [0.5, 0.6) is 0 Å². The molecule has 1 atom stereocenters. The van der Waals surface area contributed by atoms with Crippen molar-refractivity contribution in [2.75, 3.05) is 39.8 Å². The molecule has 1 saturated heterocycles. The predicted octanol–water partition coefficient (Wildman–Crippen LogP) is 1.95. The van der Waals surface area contributed by atoms with Crippen LogP contribution in [0.4, 0.5) is 0 Å². The highest BCUT2D eigenvalue weighted by Gasteiger charge is 2.24. The molecule has 112 valence electrons. The third kappa shape index (κ3) is 4.30. The van der Waals surface area contributed by atoms with E-state index in [1.807, 2.05) is 6.92 Å². The van der Waals surface area contributed by atoms with E-state index in [2.05, 4.69) is 39.0 Å². The number of rotatable bonds is 6. The van der Waals surface area contributed by atoms with E-state index < -0.39 is 0 Å². The van der Waals surface area contributed by atoms with E-state index >= 15 is 0 Å². The molecule has 1 amide bonds. The van der Waals surface area contributed by atoms with Gasteiger partial charge in [-0.1, -0.05) is 6.92 Å². The summed E-state index contributed by atoms with van der Waals surface area (Å²) >= 11 is 1.73. The first-order valence-corrected chi connectivity index (χ1v) is 8.36. The second kappa shape index (κ2) is 7.76. The van der Waals surface area contributed by atoms with Crippen molar-refractivity contribution in [2.45, 2.75) is 25.8 Å². The van der Waals surface area contributed by atoms with E-state index in [1.165, 1.54) is 5.56 Å². The van der Waals surface area contributed by atoms with Gasteiger partial charge in [-0.25, -0.2) is 0 Å². The molecule has 0 radical (unpaired) electrons. The minimum atomic E-state index is 0.168. The van der Waals surface area contributed by atoms with Crippen LogP contribution in [0.1, 0.15) is 31.4 Å². The maximum atomic E-state index is 11.7. The standard InChI is InChI=1S/C15H25N3OS/c1-3-4-15(19)16-11-14(13-5-10-20-12-13)18-8-6-17(2)7-9-18/h5,10,12,14H,3-4,6-9,11H2,1-2H3,(H,16,19)/t14-/m1/s1. The summed E-state index contributed by atoms with van der Waals surface area (Å²) in [6.07, 6.45) is 1.53. The Morgan fingerprint density at radius 3 is 2.75 bits per heavy atom. The molecule has 1 N–H and O–H groups in total. The number of likely N-dealkylation sites (N-methyl/N-ethyl adjacent to an activating group) is 1. The Morgan fingerprint density at radius 1 is 1.40 bits per heavy atom. The predicted molar refractivity (Wildman–Crippen MR) is 84.0 cm³/mol. The Morgan fingerprint density at radius 2 is 2.15 bits per heavy atom. The number of hydrogen-bond acceptors (Lipinski definition) is 4. The molecule has 0 unspecified atom stereocenters. The quantitative estimate of drug-likeness (QED) is 0.871. The highest BCUT2D eigenvalue weighted by Crippen LogP contribution is 2.23. The lowest BCUT2D eigenvalue weighted by atomic mass is 10.1. The molecule has 0 aromatic carbocycles. The van der Waals surface area contributed by atoms with Crippen LogP contribution >= 0.6 is 11.3 Å². The molecule has 4 nitrogen and oxygen atoms in total. The van der Waals surface area contributed by atoms with Gasteiger partial charge in [0.25, 0.3) is 0 Å². The van der Waals surface area contributed by atoms with Crippen molar-refractivity contribution < 1.29 is 4.79 Å². The lowest BCUT2D eigenvalue weighted by molar-refractivity contribution is -0.121. The topological polar surface area (TPSA) is 35.6 Å². The van der Waals surface area contributed by atoms with Crippen molar-refractivity contribution in [1.29, 1.82) is 0 Å². The Bertz CT molecular complexity index is 399. The Kier molecular flexibility index (Phi) is 6.01. The van der Waals surface area contributed by atoms with Gasteiger partial charge < -0.3 is 10.2 Å². The first-order valence-electron chi connectivity index (χ1n) is 7.42. The van der Waals surface area contributed by atoms with Gasteiger partial charge in [0, 0.05) is 39.1 Å². The number of carbonyl (C=O) groups excluding carboxylic acids is 1. The molecular formula is C15H25N3OS. The molecule has 1 aliphatic rings. The zero-order valence-corrected chi connectivity index (χ0v) is 13.3. The number of carbonyl (C=O) groups is 1. The lowest BCUT2D eigenvalue weighted by Gasteiger charge is -2.38. The minimum Gasteiger partial charge on any atom is -0.354 e. The molecule has 2 rings (SSSR count). The minimum absolute atomic E-state index is 0.168. The van der Waals surface area contributed by atoms with Crippen LogP contribution < -0.4 is 5.32 Å². The Hall–Kier alpha value is -0.910. The number of hydrogen-bond donors (Lipinski definition) is 1. The smallest absolute Gasteiger partial charge is 0.220 e. The third-order valence-corrected chi connectivity index (χ3v) is 4.58. The van der Waals surface area contributed by atoms with E-state index in [9.17, 15) is 4.79 Å². The molecule has 20 heavy (non-hydrogen) atoms. The Balaban J connectivity index is 1.96. The van der Waals surface area contributed by atoms with Gasteiger partial charge >= 0.3 is 0 Å². The summed E-state index contributed by atoms with van der Waals surface area (Å²) in [5.74, 6) is 0.168. The van der Waals surface area contributed by atoms with Crippen molar-refractivity contribution in [2.24, 2.45) is 0 Å². The summed E-state index contributed by atoms with van der Waals surface area (Å²) in [5.41, 5.74) is 1.33. The summed E-state index contributed by atoms with van der Waals surface area (Å²) < 4.78 is 0. The highest BCUT2D eigenvalue weighted by molar-refractivity contribution is 7.07. The normalized spacial score (nSPS) is 18.9. The van der Waals surface area contributed by atoms with Gasteiger partial charge in [0.2, 0.25) is 5.91 Å². The van der Waals surface area contributed by atoms with Crippen molar-refractivity contribution in [3.05, 3.63) is 22.4 Å². The van der Waals surface area contributed by atoms with E-state index in [-0.39, 0.29) is 5.91 Å². The van der Waals surface area contributed by atoms with Crippen molar-refractivity contribution in [3.8, 4) is 0 Å². The van der Waals surface area contributed by atoms with Crippen LogP contribution in [-0.2, 0) is 4.79 Å². The van der Waals surface area contributed by atoms with Gasteiger partial charge in [0.1, 0.15) is 0 Å². The van der Waals surface area contributed by atoms with Gasteiger partial charge in [-0.05, 0) is 35.9 Å². The van der Waals surface area contributed by atoms with Crippen LogP contribution in [0.2, 0.25) is 0 Å². The monoisotopic (exact) mass is 295 g/mol. The summed E-state index contributed by atoms with van der Waals surface area (Å²) in [4.78, 5) is 16.6. The fourth-order valence-electron chi connectivity index (χ4n) is 2.58. The number of amides is 1. The summed E-state index contributed by atoms with van der Waals surface area (Å²) in [6.45, 7) is 7.10. The van der Waals surface area contributed by atoms with Gasteiger partial charge in [-0.3, -0.25) is 9.69 Å². The fraction of sp³-hybridized carbons (Fsp3) is 0.667. The van der Waals surface area contributed by atoms with Crippen LogP contribution in [0.15, 0.2) is 16.8 Å². The second-order valence-corrected chi connectivity index (χ2v) is 6.25. The van der Waals surface area contributed by atoms with Crippen LogP contribution in [0.3, 0.4) is 0 Å². The highest BCUT2D eigenvalue weighted by atomic mass is 32.1. The molecule has 1 aromatic rings. The zero-order valence-electron chi connectivity index (χ0n) is 12.5. The lowest BCUT2D eigenvalue weighted by Crippen LogP contribution is -2.48. The fourth-order valence-corrected chi connectivity index (χ4v) is 3.29. The van der Waals surface area contributed by atoms with Gasteiger partial charge in [-0.15, -0.1) is 0 Å². The average Bonchev–Trinajstić information content (AvgIpc) is 2.95. The Labute approximate surface area is 125 Å². The number of nitrogens with one attached hydrogen (secondary N) is 1. The molecule has 0 spiro atoms. The molecule has 1 aromatic heterocycles. The van der Waals surface area contributed by atoms with Gasteiger partial charge in [-0.2, -0.15) is 11.3 Å². The first kappa shape index (κ1) is 15.5. The van der Waals surface area contributed by atoms with E-state index in [1.54, 1.807) is 11.3 Å². The van der Waals surface area contributed by atoms with E-state index in [0.29, 0.717) is 12.5 Å². The zero-order chi connectivity index (χ0) is 14.4. The van der Waals surface area contributed by atoms with Crippen LogP contribution in [0.25, 0.3) is 0 Å². The maximum absolute atomic E-state index is 11.7. The van der Waals surface area contributed by atoms with Gasteiger partial charge in [0.05, 0.1) is 6.04 Å². The first-order chi connectivity index (χ1) is 9.70. The van der Waals surface area contributed by atoms with Crippen molar-refractivity contribution >= 4 is 17.2 Å². The van der Waals surface area contributed by atoms with Crippen LogP contribution in [0, 0.1) is 0 Å². The molecule has 1 fully saturated rings. The van der Waals surface area contributed by atoms with Crippen molar-refractivity contribution in [3.63, 3.8) is 0 Å². The molecule has 0 bridgehead atoms. The average molecular weight is 295 g/mol. The number of nitrogens with zero attached hydrogens (tertiary/aromatic N) is 2. The molecule has 5 heteroatoms. The summed E-state index contributed by atoms with van der Waals surface area (Å²) in [6, 6.07) is 2.50. The largest absolute Gasteiger partial charge is 0.354 e. The van der Waals surface area contributed by atoms with Gasteiger partial charge in [0.15, 0.2) is 0 Å². The third-order valence-electron chi connectivity index (χ3n) is 3.88. The molecular weight excluding hydrogens is 270 g/mol. The summed E-state index contributed by atoms with van der Waals surface area (Å²) in [7, 11) is 2.17.